The van der Waals surface area contributed by atoms with Crippen LogP contribution in [-0.4, -0.2) is 16.2 Å². The number of aromatic nitrogens is 2. The second-order valence-electron chi connectivity index (χ2n) is 21.8. The molecular weight excluding hydrogens is 993 g/mol. The summed E-state index contributed by atoms with van der Waals surface area (Å²) in [7, 11) is 2.16. The Labute approximate surface area is 475 Å². The zero-order valence-electron chi connectivity index (χ0n) is 45.3. The van der Waals surface area contributed by atoms with Crippen molar-refractivity contribution in [3.8, 4) is 27.9 Å². The maximum Gasteiger partial charge on any atom is 0.0547 e. The molecule has 0 atom stereocenters. The minimum Gasteiger partial charge on any atom is -0.345 e. The first-order valence-electron chi connectivity index (χ1n) is 28.3. The van der Waals surface area contributed by atoms with Crippen LogP contribution in [0.2, 0.25) is 0 Å². The summed E-state index contributed by atoms with van der Waals surface area (Å²) in [6.45, 7) is 0.741. The van der Waals surface area contributed by atoms with E-state index in [0.29, 0.717) is 0 Å². The monoisotopic (exact) mass is 1050 g/mol. The van der Waals surface area contributed by atoms with E-state index in [1.165, 1.54) is 120 Å². The summed E-state index contributed by atoms with van der Waals surface area (Å²) in [6, 6.07) is 109. The van der Waals surface area contributed by atoms with Crippen LogP contribution in [0.15, 0.2) is 297 Å². The van der Waals surface area contributed by atoms with Crippen LogP contribution in [0.4, 0.5) is 28.4 Å². The molecule has 0 radical (unpaired) electrons. The van der Waals surface area contributed by atoms with Crippen molar-refractivity contribution in [2.75, 3.05) is 16.8 Å². The number of hydrogen-bond donors (Lipinski definition) is 0. The van der Waals surface area contributed by atoms with Gasteiger partial charge in [0.05, 0.1) is 16.6 Å². The van der Waals surface area contributed by atoms with E-state index in [0.717, 1.165) is 35.0 Å². The van der Waals surface area contributed by atoms with E-state index < -0.39 is 0 Å². The summed E-state index contributed by atoms with van der Waals surface area (Å²) >= 11 is 0. The molecule has 2 aromatic heterocycles. The Bertz CT molecular complexity index is 5130. The third kappa shape index (κ3) is 8.06. The van der Waals surface area contributed by atoms with Gasteiger partial charge >= 0.3 is 0 Å². The number of nitrogens with zero attached hydrogens (tertiary/aromatic N) is 4. The fraction of sp³-hybridized carbons (Fsp3) is 0.0256. The number of para-hydroxylation sites is 1. The molecule has 0 N–H and O–H groups in total. The molecule has 0 aliphatic rings. The first-order chi connectivity index (χ1) is 40.5. The fourth-order valence-corrected chi connectivity index (χ4v) is 12.9. The maximum atomic E-state index is 2.50. The Morgan fingerprint density at radius 3 is 1.49 bits per heavy atom. The van der Waals surface area contributed by atoms with Crippen molar-refractivity contribution in [2.45, 2.75) is 6.54 Å². The second kappa shape index (κ2) is 19.3. The van der Waals surface area contributed by atoms with Crippen LogP contribution in [0.5, 0.6) is 0 Å². The van der Waals surface area contributed by atoms with Crippen LogP contribution in [0.3, 0.4) is 0 Å². The highest BCUT2D eigenvalue weighted by molar-refractivity contribution is 6.21. The molecule has 0 fully saturated rings. The van der Waals surface area contributed by atoms with E-state index in [1.54, 1.807) is 0 Å². The van der Waals surface area contributed by atoms with Gasteiger partial charge in [0.2, 0.25) is 0 Å². The quantitative estimate of drug-likeness (QED) is 0.136. The maximum absolute atomic E-state index is 2.50. The standard InChI is InChI=1S/C78H54N4/c1-79(65-37-29-56(30-38-65)55-25-27-57(28-26-55)63-34-42-75-71(48-63)72-47-61-18-9-10-19-62(61)49-77(72)82(75)68-40-32-54-14-6-8-17-60(54)46-68)64-35-23-52(24-36-64)51-80-74-44-41-69(50-73(74)78-70-22-12-11-15-58(70)33-43-76(78)80)81(66-20-3-2-4-21-66)67-39-31-53-13-5-7-16-59(53)45-67/h2-50H,51H2,1H3. The highest BCUT2D eigenvalue weighted by Crippen LogP contribution is 2.43. The molecule has 16 rings (SSSR count). The van der Waals surface area contributed by atoms with Crippen LogP contribution in [0, 0.1) is 0 Å². The smallest absolute Gasteiger partial charge is 0.0547 e. The zero-order chi connectivity index (χ0) is 54.3. The molecule has 82 heavy (non-hydrogen) atoms. The number of fused-ring (bicyclic) bond motifs is 11. The summed E-state index contributed by atoms with van der Waals surface area (Å²) in [5.74, 6) is 0. The lowest BCUT2D eigenvalue weighted by Crippen LogP contribution is -2.10. The van der Waals surface area contributed by atoms with Crippen molar-refractivity contribution in [3.05, 3.63) is 303 Å². The molecule has 386 valence electrons. The Hall–Kier alpha value is -10.7. The summed E-state index contributed by atoms with van der Waals surface area (Å²) < 4.78 is 4.94. The number of benzene rings is 14. The predicted molar refractivity (Wildman–Crippen MR) is 349 cm³/mol. The fourth-order valence-electron chi connectivity index (χ4n) is 12.9. The van der Waals surface area contributed by atoms with E-state index in [2.05, 4.69) is 323 Å². The van der Waals surface area contributed by atoms with Crippen molar-refractivity contribution in [2.24, 2.45) is 0 Å². The molecule has 0 aliphatic heterocycles. The van der Waals surface area contributed by atoms with Crippen molar-refractivity contribution < 1.29 is 0 Å². The zero-order valence-corrected chi connectivity index (χ0v) is 45.3. The van der Waals surface area contributed by atoms with Crippen LogP contribution in [-0.2, 0) is 6.54 Å². The van der Waals surface area contributed by atoms with Gasteiger partial charge in [-0.15, -0.1) is 0 Å². The lowest BCUT2D eigenvalue weighted by molar-refractivity contribution is 0.869. The third-order valence-corrected chi connectivity index (χ3v) is 17.1. The van der Waals surface area contributed by atoms with Gasteiger partial charge in [-0.2, -0.15) is 0 Å². The van der Waals surface area contributed by atoms with E-state index >= 15 is 0 Å². The SMILES string of the molecule is CN(c1ccc(Cn2c3ccc(N(c4ccccc4)c4ccc5ccccc5c4)cc3c3c4ccccc4ccc32)cc1)c1ccc(-c2ccc(-c3ccc4c(c3)c3cc5ccccc5cc3n4-c3ccc4ccccc4c3)cc2)cc1. The Balaban J connectivity index is 0.671. The van der Waals surface area contributed by atoms with E-state index in [9.17, 15) is 0 Å². The lowest BCUT2D eigenvalue weighted by atomic mass is 9.98. The molecule has 0 saturated carbocycles. The predicted octanol–water partition coefficient (Wildman–Crippen LogP) is 21.1. The highest BCUT2D eigenvalue weighted by atomic mass is 15.1. The first kappa shape index (κ1) is 47.3. The van der Waals surface area contributed by atoms with Gasteiger partial charge in [-0.3, -0.25) is 0 Å². The molecule has 0 spiro atoms. The average Bonchev–Trinajstić information content (AvgIpc) is 2.89. The normalized spacial score (nSPS) is 11.8. The Morgan fingerprint density at radius 2 is 0.768 bits per heavy atom. The molecular formula is C78H54N4. The van der Waals surface area contributed by atoms with Gasteiger partial charge in [-0.1, -0.05) is 188 Å². The number of hydrogen-bond acceptors (Lipinski definition) is 2. The van der Waals surface area contributed by atoms with Gasteiger partial charge in [-0.25, -0.2) is 0 Å². The van der Waals surface area contributed by atoms with Crippen molar-refractivity contribution >= 4 is 115 Å². The van der Waals surface area contributed by atoms with Gasteiger partial charge < -0.3 is 18.9 Å². The van der Waals surface area contributed by atoms with Crippen molar-refractivity contribution in [1.82, 2.24) is 9.13 Å². The summed E-state index contributed by atoms with van der Waals surface area (Å²) in [6.07, 6.45) is 0. The van der Waals surface area contributed by atoms with E-state index in [-0.39, 0.29) is 0 Å². The molecule has 0 aliphatic carbocycles. The topological polar surface area (TPSA) is 16.3 Å². The molecule has 4 heteroatoms. The molecule has 14 aromatic carbocycles. The van der Waals surface area contributed by atoms with Gasteiger partial charge in [0.15, 0.2) is 0 Å². The van der Waals surface area contributed by atoms with Gasteiger partial charge in [0, 0.05) is 74.8 Å². The minimum atomic E-state index is 0.741. The third-order valence-electron chi connectivity index (χ3n) is 17.1. The van der Waals surface area contributed by atoms with Crippen LogP contribution < -0.4 is 9.80 Å². The van der Waals surface area contributed by atoms with Gasteiger partial charge in [0.25, 0.3) is 0 Å². The molecule has 0 saturated heterocycles. The van der Waals surface area contributed by atoms with Gasteiger partial charge in [0.1, 0.15) is 0 Å². The van der Waals surface area contributed by atoms with E-state index in [1.807, 2.05) is 0 Å². The number of rotatable bonds is 10. The largest absolute Gasteiger partial charge is 0.345 e. The molecule has 4 nitrogen and oxygen atoms in total. The first-order valence-corrected chi connectivity index (χ1v) is 28.3. The molecule has 0 amide bonds. The van der Waals surface area contributed by atoms with Crippen molar-refractivity contribution in [3.63, 3.8) is 0 Å². The van der Waals surface area contributed by atoms with Crippen molar-refractivity contribution in [1.29, 1.82) is 0 Å². The van der Waals surface area contributed by atoms with Crippen LogP contribution >= 0.6 is 0 Å². The molecule has 0 bridgehead atoms. The second-order valence-corrected chi connectivity index (χ2v) is 21.8. The van der Waals surface area contributed by atoms with Crippen LogP contribution in [0.25, 0.3) is 115 Å². The lowest BCUT2D eigenvalue weighted by Gasteiger charge is -2.26. The van der Waals surface area contributed by atoms with Gasteiger partial charge in [-0.05, 0) is 180 Å². The summed E-state index contributed by atoms with van der Waals surface area (Å²) in [4.78, 5) is 4.66. The van der Waals surface area contributed by atoms with E-state index in [4.69, 9.17) is 0 Å². The molecule has 0 unspecified atom stereocenters. The Kier molecular flexibility index (Phi) is 11.1. The summed E-state index contributed by atoms with van der Waals surface area (Å²) in [5, 5.41) is 15.0. The van der Waals surface area contributed by atoms with Crippen LogP contribution in [0.1, 0.15) is 5.56 Å². The molecule has 2 heterocycles. The minimum absolute atomic E-state index is 0.741. The molecule has 16 aromatic rings. The average molecular weight is 1050 g/mol. The number of anilines is 5. The Morgan fingerprint density at radius 1 is 0.280 bits per heavy atom. The summed E-state index contributed by atoms with van der Waals surface area (Å²) in [5.41, 5.74) is 17.7. The highest BCUT2D eigenvalue weighted by Gasteiger charge is 2.20.